The number of nitrogens with zero attached hydrogens (tertiary/aromatic N) is 1. The Hall–Kier alpha value is -2.01. The van der Waals surface area contributed by atoms with Crippen LogP contribution in [0, 0.1) is 13.8 Å². The predicted octanol–water partition coefficient (Wildman–Crippen LogP) is 3.37. The van der Waals surface area contributed by atoms with Gasteiger partial charge >= 0.3 is 0 Å². The van der Waals surface area contributed by atoms with E-state index in [0.29, 0.717) is 22.1 Å². The SMILES string of the molecule is COc1cccc(Cl)c1CC(=O)N[C@H](C)c1c(C)noc1C. The molecular formula is C16H19ClN2O3. The van der Waals surface area contributed by atoms with Gasteiger partial charge in [-0.1, -0.05) is 22.8 Å². The van der Waals surface area contributed by atoms with Crippen molar-refractivity contribution in [3.05, 3.63) is 45.8 Å². The van der Waals surface area contributed by atoms with Crippen molar-refractivity contribution in [1.29, 1.82) is 0 Å². The van der Waals surface area contributed by atoms with Crippen molar-refractivity contribution in [1.82, 2.24) is 10.5 Å². The molecule has 118 valence electrons. The monoisotopic (exact) mass is 322 g/mol. The van der Waals surface area contributed by atoms with Crippen LogP contribution in [0.4, 0.5) is 0 Å². The van der Waals surface area contributed by atoms with Crippen LogP contribution in [-0.2, 0) is 11.2 Å². The minimum atomic E-state index is -0.188. The summed E-state index contributed by atoms with van der Waals surface area (Å²) in [6, 6.07) is 5.12. The number of aryl methyl sites for hydroxylation is 2. The van der Waals surface area contributed by atoms with E-state index in [9.17, 15) is 4.79 Å². The van der Waals surface area contributed by atoms with Crippen LogP contribution in [0.3, 0.4) is 0 Å². The molecule has 0 spiro atoms. The number of benzene rings is 1. The van der Waals surface area contributed by atoms with Gasteiger partial charge in [-0.2, -0.15) is 0 Å². The fourth-order valence-corrected chi connectivity index (χ4v) is 2.77. The van der Waals surface area contributed by atoms with Crippen molar-refractivity contribution >= 4 is 17.5 Å². The Bertz CT molecular complexity index is 663. The molecule has 1 N–H and O–H groups in total. The van der Waals surface area contributed by atoms with Gasteiger partial charge in [-0.25, -0.2) is 0 Å². The van der Waals surface area contributed by atoms with Gasteiger partial charge in [-0.3, -0.25) is 4.79 Å². The summed E-state index contributed by atoms with van der Waals surface area (Å²) in [6.45, 7) is 5.58. The third-order valence-corrected chi connectivity index (χ3v) is 3.89. The smallest absolute Gasteiger partial charge is 0.225 e. The van der Waals surface area contributed by atoms with Crippen LogP contribution in [0.15, 0.2) is 22.7 Å². The number of hydrogen-bond acceptors (Lipinski definition) is 4. The van der Waals surface area contributed by atoms with Gasteiger partial charge in [-0.15, -0.1) is 0 Å². The summed E-state index contributed by atoms with van der Waals surface area (Å²) < 4.78 is 10.4. The Morgan fingerprint density at radius 2 is 2.18 bits per heavy atom. The molecule has 0 radical (unpaired) electrons. The topological polar surface area (TPSA) is 64.4 Å². The summed E-state index contributed by atoms with van der Waals surface area (Å²) in [5, 5.41) is 7.35. The van der Waals surface area contributed by atoms with Crippen LogP contribution in [0.1, 0.15) is 35.5 Å². The van der Waals surface area contributed by atoms with E-state index in [0.717, 1.165) is 11.3 Å². The van der Waals surface area contributed by atoms with Gasteiger partial charge in [0.2, 0.25) is 5.91 Å². The number of aromatic nitrogens is 1. The second kappa shape index (κ2) is 6.83. The highest BCUT2D eigenvalue weighted by atomic mass is 35.5. The summed E-state index contributed by atoms with van der Waals surface area (Å²) in [5.41, 5.74) is 2.36. The lowest BCUT2D eigenvalue weighted by molar-refractivity contribution is -0.121. The lowest BCUT2D eigenvalue weighted by Gasteiger charge is -2.15. The first-order chi connectivity index (χ1) is 10.4. The molecule has 0 saturated heterocycles. The van der Waals surface area contributed by atoms with E-state index in [-0.39, 0.29) is 18.4 Å². The van der Waals surface area contributed by atoms with E-state index in [2.05, 4.69) is 10.5 Å². The van der Waals surface area contributed by atoms with Crippen molar-refractivity contribution in [2.24, 2.45) is 0 Å². The molecule has 1 heterocycles. The number of ether oxygens (including phenoxy) is 1. The quantitative estimate of drug-likeness (QED) is 0.916. The number of hydrogen-bond donors (Lipinski definition) is 1. The van der Waals surface area contributed by atoms with Crippen LogP contribution >= 0.6 is 11.6 Å². The molecule has 0 unspecified atom stereocenters. The fraction of sp³-hybridized carbons (Fsp3) is 0.375. The van der Waals surface area contributed by atoms with Gasteiger partial charge in [0.15, 0.2) is 0 Å². The van der Waals surface area contributed by atoms with Crippen LogP contribution in [0.5, 0.6) is 5.75 Å². The van der Waals surface area contributed by atoms with E-state index in [1.807, 2.05) is 20.8 Å². The molecule has 1 aromatic carbocycles. The highest BCUT2D eigenvalue weighted by Crippen LogP contribution is 2.27. The third kappa shape index (κ3) is 3.42. The summed E-state index contributed by atoms with van der Waals surface area (Å²) in [5.74, 6) is 1.17. The van der Waals surface area contributed by atoms with Crippen molar-refractivity contribution < 1.29 is 14.1 Å². The number of nitrogens with one attached hydrogen (secondary N) is 1. The minimum Gasteiger partial charge on any atom is -0.496 e. The predicted molar refractivity (Wildman–Crippen MR) is 84.2 cm³/mol. The van der Waals surface area contributed by atoms with E-state index >= 15 is 0 Å². The highest BCUT2D eigenvalue weighted by Gasteiger charge is 2.19. The molecule has 22 heavy (non-hydrogen) atoms. The summed E-state index contributed by atoms with van der Waals surface area (Å²) >= 11 is 6.15. The van der Waals surface area contributed by atoms with E-state index < -0.39 is 0 Å². The Morgan fingerprint density at radius 3 is 2.77 bits per heavy atom. The van der Waals surface area contributed by atoms with Gasteiger partial charge in [0.25, 0.3) is 0 Å². The maximum atomic E-state index is 12.3. The van der Waals surface area contributed by atoms with Gasteiger partial charge in [0.05, 0.1) is 25.3 Å². The molecule has 6 heteroatoms. The summed E-state index contributed by atoms with van der Waals surface area (Å²) in [7, 11) is 1.56. The largest absolute Gasteiger partial charge is 0.496 e. The first-order valence-electron chi connectivity index (χ1n) is 6.97. The molecule has 0 aliphatic heterocycles. The van der Waals surface area contributed by atoms with Crippen LogP contribution in [-0.4, -0.2) is 18.2 Å². The van der Waals surface area contributed by atoms with Gasteiger partial charge in [0, 0.05) is 16.1 Å². The molecule has 0 aliphatic rings. The first-order valence-corrected chi connectivity index (χ1v) is 7.35. The van der Waals surface area contributed by atoms with Crippen LogP contribution in [0.2, 0.25) is 5.02 Å². The molecule has 5 nitrogen and oxygen atoms in total. The zero-order valence-corrected chi connectivity index (χ0v) is 13.8. The van der Waals surface area contributed by atoms with Gasteiger partial charge in [0.1, 0.15) is 11.5 Å². The number of carbonyl (C=O) groups excluding carboxylic acids is 1. The summed E-state index contributed by atoms with van der Waals surface area (Å²) in [6.07, 6.45) is 0.149. The number of methoxy groups -OCH3 is 1. The molecule has 0 aliphatic carbocycles. The third-order valence-electron chi connectivity index (χ3n) is 3.53. The Labute approximate surface area is 134 Å². The minimum absolute atomic E-state index is 0.140. The van der Waals surface area contributed by atoms with Crippen LogP contribution < -0.4 is 10.1 Å². The van der Waals surface area contributed by atoms with Crippen molar-refractivity contribution in [3.63, 3.8) is 0 Å². The Balaban J connectivity index is 2.11. The van der Waals surface area contributed by atoms with E-state index in [1.165, 1.54) is 0 Å². The van der Waals surface area contributed by atoms with Gasteiger partial charge < -0.3 is 14.6 Å². The zero-order valence-electron chi connectivity index (χ0n) is 13.1. The number of rotatable bonds is 5. The average Bonchev–Trinajstić information content (AvgIpc) is 2.80. The maximum absolute atomic E-state index is 12.3. The molecule has 2 aromatic rings. The molecule has 0 fully saturated rings. The molecular weight excluding hydrogens is 304 g/mol. The van der Waals surface area contributed by atoms with Crippen molar-refractivity contribution in [2.75, 3.05) is 7.11 Å². The number of halogens is 1. The number of amides is 1. The molecule has 1 atom stereocenters. The average molecular weight is 323 g/mol. The first kappa shape index (κ1) is 16.4. The Kier molecular flexibility index (Phi) is 5.08. The normalized spacial score (nSPS) is 12.0. The molecule has 0 bridgehead atoms. The summed E-state index contributed by atoms with van der Waals surface area (Å²) in [4.78, 5) is 12.3. The molecule has 1 aromatic heterocycles. The van der Waals surface area contributed by atoms with Crippen LogP contribution in [0.25, 0.3) is 0 Å². The molecule has 2 rings (SSSR count). The fourth-order valence-electron chi connectivity index (χ4n) is 2.54. The number of carbonyl (C=O) groups is 1. The standard InChI is InChI=1S/C16H19ClN2O3/c1-9(16-10(2)19-22-11(16)3)18-15(20)8-12-13(17)6-5-7-14(12)21-4/h5-7,9H,8H2,1-4H3,(H,18,20)/t9-/m1/s1. The second-order valence-electron chi connectivity index (χ2n) is 5.12. The molecule has 1 amide bonds. The van der Waals surface area contributed by atoms with E-state index in [1.54, 1.807) is 25.3 Å². The van der Waals surface area contributed by atoms with Crippen molar-refractivity contribution in [2.45, 2.75) is 33.2 Å². The lowest BCUT2D eigenvalue weighted by Crippen LogP contribution is -2.28. The van der Waals surface area contributed by atoms with E-state index in [4.69, 9.17) is 20.9 Å². The van der Waals surface area contributed by atoms with Gasteiger partial charge in [-0.05, 0) is 32.9 Å². The lowest BCUT2D eigenvalue weighted by atomic mass is 10.1. The second-order valence-corrected chi connectivity index (χ2v) is 5.53. The maximum Gasteiger partial charge on any atom is 0.225 e. The van der Waals surface area contributed by atoms with Crippen molar-refractivity contribution in [3.8, 4) is 5.75 Å². The zero-order chi connectivity index (χ0) is 16.3. The highest BCUT2D eigenvalue weighted by molar-refractivity contribution is 6.31. The molecule has 0 saturated carbocycles. The Morgan fingerprint density at radius 1 is 1.45 bits per heavy atom.